The van der Waals surface area contributed by atoms with E-state index < -0.39 is 11.8 Å². The Morgan fingerprint density at radius 2 is 2.26 bits per heavy atom. The monoisotopic (exact) mass is 375 g/mol. The van der Waals surface area contributed by atoms with Gasteiger partial charge in [-0.15, -0.1) is 0 Å². The number of nitrogens with one attached hydrogen (secondary N) is 2. The molecule has 0 bridgehead atoms. The Morgan fingerprint density at radius 1 is 1.48 bits per heavy atom. The SMILES string of the molecule is C=CC(=O)N1C[C@H](Nc2ncnc3[nH]cc([C@@H]4CC4(F)F)c23)CC[C@@H]1CC. The summed E-state index contributed by atoms with van der Waals surface area (Å²) in [5.74, 6) is -2.98. The predicted octanol–water partition coefficient (Wildman–Crippen LogP) is 3.45. The van der Waals surface area contributed by atoms with Gasteiger partial charge in [-0.25, -0.2) is 18.7 Å². The Kier molecular flexibility index (Phi) is 4.36. The number of hydrogen-bond donors (Lipinski definition) is 2. The first-order valence-electron chi connectivity index (χ1n) is 9.34. The van der Waals surface area contributed by atoms with Crippen LogP contribution in [0.15, 0.2) is 25.2 Å². The first kappa shape index (κ1) is 17.9. The Labute approximate surface area is 156 Å². The summed E-state index contributed by atoms with van der Waals surface area (Å²) in [6.07, 6.45) is 6.87. The van der Waals surface area contributed by atoms with Gasteiger partial charge >= 0.3 is 0 Å². The van der Waals surface area contributed by atoms with Crippen LogP contribution in [0.2, 0.25) is 0 Å². The number of aromatic nitrogens is 3. The van der Waals surface area contributed by atoms with Gasteiger partial charge in [0, 0.05) is 31.2 Å². The molecule has 2 aromatic rings. The number of halogens is 2. The van der Waals surface area contributed by atoms with Crippen LogP contribution in [0.1, 0.15) is 44.1 Å². The number of fused-ring (bicyclic) bond motifs is 1. The van der Waals surface area contributed by atoms with Crippen molar-refractivity contribution in [2.24, 2.45) is 0 Å². The zero-order chi connectivity index (χ0) is 19.2. The van der Waals surface area contributed by atoms with Crippen LogP contribution in [0.5, 0.6) is 0 Å². The maximum atomic E-state index is 13.6. The highest BCUT2D eigenvalue weighted by Gasteiger charge is 2.58. The highest BCUT2D eigenvalue weighted by Crippen LogP contribution is 2.57. The summed E-state index contributed by atoms with van der Waals surface area (Å²) in [7, 11) is 0. The van der Waals surface area contributed by atoms with E-state index in [0.29, 0.717) is 29.0 Å². The van der Waals surface area contributed by atoms with Crippen molar-refractivity contribution in [3.8, 4) is 0 Å². The number of anilines is 1. The molecule has 27 heavy (non-hydrogen) atoms. The van der Waals surface area contributed by atoms with Gasteiger partial charge in [0.15, 0.2) is 0 Å². The number of rotatable bonds is 5. The van der Waals surface area contributed by atoms with Crippen molar-refractivity contribution in [3.05, 3.63) is 30.7 Å². The molecule has 144 valence electrons. The van der Waals surface area contributed by atoms with Gasteiger partial charge in [0.2, 0.25) is 5.91 Å². The molecule has 1 aliphatic heterocycles. The molecule has 2 fully saturated rings. The number of amides is 1. The van der Waals surface area contributed by atoms with Crippen LogP contribution in [0, 0.1) is 0 Å². The zero-order valence-electron chi connectivity index (χ0n) is 15.2. The van der Waals surface area contributed by atoms with Gasteiger partial charge in [-0.2, -0.15) is 0 Å². The van der Waals surface area contributed by atoms with Crippen LogP contribution in [-0.4, -0.2) is 50.3 Å². The number of carbonyl (C=O) groups is 1. The summed E-state index contributed by atoms with van der Waals surface area (Å²) in [6.45, 7) is 6.19. The molecular formula is C19H23F2N5O. The van der Waals surface area contributed by atoms with E-state index in [2.05, 4.69) is 33.8 Å². The molecule has 1 saturated carbocycles. The quantitative estimate of drug-likeness (QED) is 0.785. The van der Waals surface area contributed by atoms with Gasteiger partial charge in [-0.05, 0) is 30.9 Å². The van der Waals surface area contributed by atoms with Crippen molar-refractivity contribution in [2.45, 2.75) is 56.5 Å². The van der Waals surface area contributed by atoms with Crippen LogP contribution in [-0.2, 0) is 4.79 Å². The van der Waals surface area contributed by atoms with Crippen LogP contribution in [0.25, 0.3) is 11.0 Å². The van der Waals surface area contributed by atoms with Gasteiger partial charge in [0.05, 0.1) is 11.3 Å². The molecule has 4 rings (SSSR count). The molecule has 2 N–H and O–H groups in total. The maximum Gasteiger partial charge on any atom is 0.256 e. The average Bonchev–Trinajstić information content (AvgIpc) is 3.10. The summed E-state index contributed by atoms with van der Waals surface area (Å²) in [4.78, 5) is 25.5. The normalized spacial score (nSPS) is 26.8. The first-order chi connectivity index (χ1) is 12.9. The number of carbonyl (C=O) groups excluding carboxylic acids is 1. The van der Waals surface area contributed by atoms with Gasteiger partial charge in [-0.1, -0.05) is 13.5 Å². The summed E-state index contributed by atoms with van der Waals surface area (Å²) < 4.78 is 27.2. The molecule has 0 spiro atoms. The molecule has 1 amide bonds. The zero-order valence-corrected chi connectivity index (χ0v) is 15.2. The third kappa shape index (κ3) is 3.17. The minimum Gasteiger partial charge on any atom is -0.365 e. The standard InChI is InChI=1S/C19H23F2N5O/c1-3-12-6-5-11(9-26(12)15(27)4-2)25-18-16-13(14-7-19(14,20)21)8-22-17(16)23-10-24-18/h4,8,10-12,14H,2-3,5-7,9H2,1H3,(H2,22,23,24,25)/t11-,12+,14+/m1/s1. The molecule has 0 unspecified atom stereocenters. The topological polar surface area (TPSA) is 73.9 Å². The van der Waals surface area contributed by atoms with Crippen LogP contribution >= 0.6 is 0 Å². The number of piperidine rings is 1. The Bertz CT molecular complexity index is 880. The van der Waals surface area contributed by atoms with Gasteiger partial charge in [0.1, 0.15) is 17.8 Å². The van der Waals surface area contributed by atoms with Crippen molar-refractivity contribution in [1.82, 2.24) is 19.9 Å². The summed E-state index contributed by atoms with van der Waals surface area (Å²) in [5, 5.41) is 3.99. The van der Waals surface area contributed by atoms with Crippen LogP contribution < -0.4 is 5.32 Å². The minimum absolute atomic E-state index is 0.00253. The first-order valence-corrected chi connectivity index (χ1v) is 9.34. The van der Waals surface area contributed by atoms with E-state index in [0.717, 1.165) is 19.3 Å². The maximum absolute atomic E-state index is 13.6. The van der Waals surface area contributed by atoms with E-state index >= 15 is 0 Å². The average molecular weight is 375 g/mol. The summed E-state index contributed by atoms with van der Waals surface area (Å²) in [5.41, 5.74) is 1.10. The molecule has 3 heterocycles. The number of aromatic amines is 1. The number of hydrogen-bond acceptors (Lipinski definition) is 4. The van der Waals surface area contributed by atoms with E-state index in [1.165, 1.54) is 12.4 Å². The lowest BCUT2D eigenvalue weighted by molar-refractivity contribution is -0.129. The fourth-order valence-electron chi connectivity index (χ4n) is 4.07. The van der Waals surface area contributed by atoms with Crippen molar-refractivity contribution in [3.63, 3.8) is 0 Å². The number of H-pyrrole nitrogens is 1. The molecule has 3 atom stereocenters. The predicted molar refractivity (Wildman–Crippen MR) is 98.8 cm³/mol. The Morgan fingerprint density at radius 3 is 2.93 bits per heavy atom. The molecule has 0 radical (unpaired) electrons. The van der Waals surface area contributed by atoms with E-state index in [9.17, 15) is 13.6 Å². The largest absolute Gasteiger partial charge is 0.365 e. The Balaban J connectivity index is 1.59. The Hall–Kier alpha value is -2.51. The van der Waals surface area contributed by atoms with E-state index in [1.807, 2.05) is 4.90 Å². The number of alkyl halides is 2. The second-order valence-corrected chi connectivity index (χ2v) is 7.38. The second kappa shape index (κ2) is 6.58. The van der Waals surface area contributed by atoms with Gasteiger partial charge < -0.3 is 15.2 Å². The molecule has 0 aromatic carbocycles. The van der Waals surface area contributed by atoms with Gasteiger partial charge in [-0.3, -0.25) is 4.79 Å². The second-order valence-electron chi connectivity index (χ2n) is 7.38. The molecule has 2 aromatic heterocycles. The fourth-order valence-corrected chi connectivity index (χ4v) is 4.07. The minimum atomic E-state index is -2.66. The van der Waals surface area contributed by atoms with Crippen LogP contribution in [0.3, 0.4) is 0 Å². The molecular weight excluding hydrogens is 352 g/mol. The van der Waals surface area contributed by atoms with Crippen molar-refractivity contribution in [1.29, 1.82) is 0 Å². The summed E-state index contributed by atoms with van der Waals surface area (Å²) >= 11 is 0. The van der Waals surface area contributed by atoms with Crippen molar-refractivity contribution in [2.75, 3.05) is 11.9 Å². The number of likely N-dealkylation sites (tertiary alicyclic amines) is 1. The lowest BCUT2D eigenvalue weighted by atomic mass is 9.96. The molecule has 1 aliphatic carbocycles. The van der Waals surface area contributed by atoms with E-state index in [1.54, 1.807) is 6.20 Å². The van der Waals surface area contributed by atoms with Gasteiger partial charge in [0.25, 0.3) is 5.92 Å². The lowest BCUT2D eigenvalue weighted by Gasteiger charge is -2.39. The number of nitrogens with zero attached hydrogens (tertiary/aromatic N) is 3. The molecule has 6 nitrogen and oxygen atoms in total. The van der Waals surface area contributed by atoms with Crippen LogP contribution in [0.4, 0.5) is 14.6 Å². The highest BCUT2D eigenvalue weighted by molar-refractivity contribution is 5.91. The lowest BCUT2D eigenvalue weighted by Crippen LogP contribution is -2.50. The fraction of sp³-hybridized carbons (Fsp3) is 0.526. The molecule has 2 aliphatic rings. The smallest absolute Gasteiger partial charge is 0.256 e. The van der Waals surface area contributed by atoms with Crippen molar-refractivity contribution >= 4 is 22.8 Å². The van der Waals surface area contributed by atoms with E-state index in [4.69, 9.17) is 0 Å². The molecule has 1 saturated heterocycles. The highest BCUT2D eigenvalue weighted by atomic mass is 19.3. The third-order valence-corrected chi connectivity index (χ3v) is 5.68. The third-order valence-electron chi connectivity index (χ3n) is 5.68. The molecule has 8 heteroatoms. The van der Waals surface area contributed by atoms with Crippen molar-refractivity contribution < 1.29 is 13.6 Å². The van der Waals surface area contributed by atoms with E-state index in [-0.39, 0.29) is 24.4 Å². The summed E-state index contributed by atoms with van der Waals surface area (Å²) in [6, 6.07) is 0.198.